The second-order valence-corrected chi connectivity index (χ2v) is 6.85. The second-order valence-electron chi connectivity index (χ2n) is 4.55. The first-order chi connectivity index (χ1) is 9.42. The Bertz CT molecular complexity index is 641. The minimum atomic E-state index is -3.46. The van der Waals surface area contributed by atoms with E-state index in [4.69, 9.17) is 5.11 Å². The van der Waals surface area contributed by atoms with Gasteiger partial charge in [0.15, 0.2) is 9.84 Å². The minimum Gasteiger partial charge on any atom is -0.478 e. The van der Waals surface area contributed by atoms with E-state index in [0.29, 0.717) is 12.8 Å². The Hall–Kier alpha value is -1.96. The van der Waals surface area contributed by atoms with Gasteiger partial charge in [-0.05, 0) is 25.0 Å². The van der Waals surface area contributed by atoms with E-state index < -0.39 is 27.0 Å². The van der Waals surface area contributed by atoms with Gasteiger partial charge in [-0.1, -0.05) is 6.42 Å². The first-order valence-corrected chi connectivity index (χ1v) is 7.84. The smallest absolute Gasteiger partial charge is 0.339 e. The van der Waals surface area contributed by atoms with Crippen molar-refractivity contribution in [1.29, 1.82) is 0 Å². The molecule has 2 rings (SSSR count). The summed E-state index contributed by atoms with van der Waals surface area (Å²) in [6.07, 6.45) is 2.79. The van der Waals surface area contributed by atoms with Gasteiger partial charge in [-0.2, -0.15) is 0 Å². The molecule has 2 heterocycles. The molecule has 0 saturated carbocycles. The summed E-state index contributed by atoms with van der Waals surface area (Å²) in [5.41, 5.74) is -0.172. The van der Waals surface area contributed by atoms with E-state index >= 15 is 0 Å². The summed E-state index contributed by atoms with van der Waals surface area (Å²) < 4.78 is 23.7. The number of aromatic carboxylic acids is 1. The van der Waals surface area contributed by atoms with Crippen LogP contribution >= 0.6 is 0 Å². The Balaban J connectivity index is 2.22. The molecule has 108 valence electrons. The molecule has 0 aliphatic carbocycles. The number of carbonyl (C=O) groups excluding carboxylic acids is 1. The highest BCUT2D eigenvalue weighted by Crippen LogP contribution is 2.21. The maximum absolute atomic E-state index is 12.0. The SMILES string of the molecule is O=C(O)c1cccnc1NC(=O)C1CCCCS1(=O)=O. The molecule has 0 radical (unpaired) electrons. The Morgan fingerprint density at radius 2 is 2.10 bits per heavy atom. The fourth-order valence-corrected chi connectivity index (χ4v) is 3.93. The maximum atomic E-state index is 12.0. The van der Waals surface area contributed by atoms with Crippen molar-refractivity contribution < 1.29 is 23.1 Å². The van der Waals surface area contributed by atoms with E-state index in [0.717, 1.165) is 0 Å². The molecular formula is C12H14N2O5S. The van der Waals surface area contributed by atoms with E-state index in [1.807, 2.05) is 0 Å². The number of carbonyl (C=O) groups is 2. The average molecular weight is 298 g/mol. The van der Waals surface area contributed by atoms with Gasteiger partial charge in [-0.15, -0.1) is 0 Å². The number of carboxylic acid groups (broad SMARTS) is 1. The molecule has 8 heteroatoms. The van der Waals surface area contributed by atoms with Gasteiger partial charge >= 0.3 is 5.97 Å². The molecule has 1 aromatic heterocycles. The highest BCUT2D eigenvalue weighted by atomic mass is 32.2. The highest BCUT2D eigenvalue weighted by Gasteiger charge is 2.35. The van der Waals surface area contributed by atoms with Gasteiger partial charge in [0.2, 0.25) is 5.91 Å². The van der Waals surface area contributed by atoms with Crippen LogP contribution in [0.3, 0.4) is 0 Å². The summed E-state index contributed by atoms with van der Waals surface area (Å²) in [7, 11) is -3.46. The normalized spacial score (nSPS) is 21.1. The largest absolute Gasteiger partial charge is 0.478 e. The molecule has 1 amide bonds. The molecule has 7 nitrogen and oxygen atoms in total. The summed E-state index contributed by atoms with van der Waals surface area (Å²) in [4.78, 5) is 26.8. The summed E-state index contributed by atoms with van der Waals surface area (Å²) in [5.74, 6) is -2.10. The topological polar surface area (TPSA) is 113 Å². The lowest BCUT2D eigenvalue weighted by atomic mass is 10.2. The molecule has 1 saturated heterocycles. The maximum Gasteiger partial charge on any atom is 0.339 e. The molecule has 1 aliphatic rings. The van der Waals surface area contributed by atoms with Crippen LogP contribution < -0.4 is 5.32 Å². The molecule has 1 aliphatic heterocycles. The van der Waals surface area contributed by atoms with Crippen LogP contribution in [0.1, 0.15) is 29.6 Å². The third-order valence-electron chi connectivity index (χ3n) is 3.15. The van der Waals surface area contributed by atoms with Crippen LogP contribution in [0.4, 0.5) is 5.82 Å². The van der Waals surface area contributed by atoms with Crippen LogP contribution in [0.2, 0.25) is 0 Å². The summed E-state index contributed by atoms with van der Waals surface area (Å²) in [5, 5.41) is 10.2. The highest BCUT2D eigenvalue weighted by molar-refractivity contribution is 7.92. The van der Waals surface area contributed by atoms with Gasteiger partial charge in [-0.3, -0.25) is 4.79 Å². The number of nitrogens with zero attached hydrogens (tertiary/aromatic N) is 1. The Labute approximate surface area is 115 Å². The van der Waals surface area contributed by atoms with E-state index in [2.05, 4.69) is 10.3 Å². The van der Waals surface area contributed by atoms with Crippen LogP contribution in [-0.2, 0) is 14.6 Å². The van der Waals surface area contributed by atoms with Crippen molar-refractivity contribution >= 4 is 27.5 Å². The Morgan fingerprint density at radius 1 is 1.35 bits per heavy atom. The minimum absolute atomic E-state index is 0.0148. The zero-order valence-electron chi connectivity index (χ0n) is 10.6. The third kappa shape index (κ3) is 2.96. The van der Waals surface area contributed by atoms with E-state index in [1.165, 1.54) is 18.3 Å². The lowest BCUT2D eigenvalue weighted by Crippen LogP contribution is -2.39. The van der Waals surface area contributed by atoms with Crippen LogP contribution in [0.25, 0.3) is 0 Å². The molecule has 2 N–H and O–H groups in total. The number of sulfone groups is 1. The van der Waals surface area contributed by atoms with Crippen LogP contribution in [0, 0.1) is 0 Å². The summed E-state index contributed by atoms with van der Waals surface area (Å²) >= 11 is 0. The molecule has 20 heavy (non-hydrogen) atoms. The van der Waals surface area contributed by atoms with E-state index in [1.54, 1.807) is 0 Å². The van der Waals surface area contributed by atoms with Gasteiger partial charge in [0.25, 0.3) is 0 Å². The van der Waals surface area contributed by atoms with Crippen molar-refractivity contribution in [3.8, 4) is 0 Å². The standard InChI is InChI=1S/C12H14N2O5S/c15-11(9-5-1-2-7-20(9,18)19)14-10-8(12(16)17)4-3-6-13-10/h3-4,6,9H,1-2,5,7H2,(H,16,17)(H,13,14,15). The van der Waals surface area contributed by atoms with Crippen LogP contribution in [-0.4, -0.2) is 41.4 Å². The molecule has 1 fully saturated rings. The molecule has 0 bridgehead atoms. The average Bonchev–Trinajstić information content (AvgIpc) is 2.38. The Kier molecular flexibility index (Phi) is 4.03. The third-order valence-corrected chi connectivity index (χ3v) is 5.33. The van der Waals surface area contributed by atoms with Gasteiger partial charge in [-0.25, -0.2) is 18.2 Å². The zero-order valence-corrected chi connectivity index (χ0v) is 11.4. The number of pyridine rings is 1. The fraction of sp³-hybridized carbons (Fsp3) is 0.417. The summed E-state index contributed by atoms with van der Waals surface area (Å²) in [6.45, 7) is 0. The van der Waals surface area contributed by atoms with Gasteiger partial charge < -0.3 is 10.4 Å². The first-order valence-electron chi connectivity index (χ1n) is 6.12. The number of anilines is 1. The van der Waals surface area contributed by atoms with Crippen LogP contribution in [0.15, 0.2) is 18.3 Å². The quantitative estimate of drug-likeness (QED) is 0.848. The number of hydrogen-bond donors (Lipinski definition) is 2. The van der Waals surface area contributed by atoms with E-state index in [9.17, 15) is 18.0 Å². The zero-order chi connectivity index (χ0) is 14.8. The van der Waals surface area contributed by atoms with E-state index in [-0.39, 0.29) is 23.6 Å². The molecule has 1 atom stereocenters. The van der Waals surface area contributed by atoms with Crippen molar-refractivity contribution in [2.45, 2.75) is 24.5 Å². The van der Waals surface area contributed by atoms with Crippen molar-refractivity contribution in [1.82, 2.24) is 4.98 Å². The van der Waals surface area contributed by atoms with Crippen molar-refractivity contribution in [2.24, 2.45) is 0 Å². The Morgan fingerprint density at radius 3 is 2.75 bits per heavy atom. The number of hydrogen-bond acceptors (Lipinski definition) is 5. The lowest BCUT2D eigenvalue weighted by molar-refractivity contribution is -0.116. The first kappa shape index (κ1) is 14.4. The predicted molar refractivity (Wildman–Crippen MR) is 71.3 cm³/mol. The number of carboxylic acids is 1. The van der Waals surface area contributed by atoms with Crippen molar-refractivity contribution in [3.05, 3.63) is 23.9 Å². The number of rotatable bonds is 3. The lowest BCUT2D eigenvalue weighted by Gasteiger charge is -2.21. The van der Waals surface area contributed by atoms with Crippen LogP contribution in [0.5, 0.6) is 0 Å². The number of nitrogens with one attached hydrogen (secondary N) is 1. The molecule has 0 spiro atoms. The van der Waals surface area contributed by atoms with Gasteiger partial charge in [0.05, 0.1) is 5.75 Å². The van der Waals surface area contributed by atoms with Gasteiger partial charge in [0, 0.05) is 6.20 Å². The van der Waals surface area contributed by atoms with Crippen molar-refractivity contribution in [3.63, 3.8) is 0 Å². The monoisotopic (exact) mass is 298 g/mol. The van der Waals surface area contributed by atoms with Crippen molar-refractivity contribution in [2.75, 3.05) is 11.1 Å². The number of aromatic nitrogens is 1. The molecular weight excluding hydrogens is 284 g/mol. The second kappa shape index (κ2) is 5.58. The summed E-state index contributed by atoms with van der Waals surface area (Å²) in [6, 6.07) is 2.72. The van der Waals surface area contributed by atoms with Gasteiger partial charge in [0.1, 0.15) is 16.6 Å². The molecule has 1 aromatic rings. The number of amides is 1. The predicted octanol–water partition coefficient (Wildman–Crippen LogP) is 0.686. The molecule has 1 unspecified atom stereocenters. The molecule has 0 aromatic carbocycles. The fourth-order valence-electron chi connectivity index (χ4n) is 2.12.